The molecule has 3 heterocycles. The molecule has 4 rings (SSSR count). The Morgan fingerprint density at radius 1 is 1.30 bits per heavy atom. The van der Waals surface area contributed by atoms with E-state index in [1.165, 1.54) is 19.4 Å². The number of benzene rings is 1. The highest BCUT2D eigenvalue weighted by molar-refractivity contribution is 6.05. The Kier molecular flexibility index (Phi) is 3.65. The van der Waals surface area contributed by atoms with Crippen molar-refractivity contribution >= 4 is 27.9 Å². The van der Waals surface area contributed by atoms with Gasteiger partial charge in [0.1, 0.15) is 17.4 Å². The highest BCUT2D eigenvalue weighted by atomic mass is 16.3. The molecule has 1 unspecified atom stereocenters. The first-order chi connectivity index (χ1) is 11.3. The summed E-state index contributed by atoms with van der Waals surface area (Å²) in [5.41, 5.74) is 2.56. The molecule has 1 aromatic carbocycles. The zero-order chi connectivity index (χ0) is 15.8. The van der Waals surface area contributed by atoms with Crippen molar-refractivity contribution in [3.05, 3.63) is 30.6 Å². The predicted octanol–water partition coefficient (Wildman–Crippen LogP) is 3.30. The minimum Gasteiger partial charge on any atom is -0.450 e. The van der Waals surface area contributed by atoms with Crippen LogP contribution in [0.15, 0.2) is 35.0 Å². The van der Waals surface area contributed by atoms with Crippen molar-refractivity contribution in [3.8, 4) is 0 Å². The molecule has 120 valence electrons. The molecule has 1 atom stereocenters. The smallest absolute Gasteiger partial charge is 0.196 e. The number of likely N-dealkylation sites (N-methyl/N-ethyl adjacent to an activating group) is 2. The maximum absolute atomic E-state index is 6.04. The first kappa shape index (κ1) is 14.5. The van der Waals surface area contributed by atoms with Crippen molar-refractivity contribution in [3.63, 3.8) is 0 Å². The fourth-order valence-electron chi connectivity index (χ4n) is 3.70. The minimum atomic E-state index is 0.597. The Bertz CT molecular complexity index is 828. The number of anilines is 1. The van der Waals surface area contributed by atoms with E-state index in [0.717, 1.165) is 41.0 Å². The van der Waals surface area contributed by atoms with Gasteiger partial charge in [-0.3, -0.25) is 4.90 Å². The standard InChI is InChI=1S/C18H22N4O/c1-3-22-10-6-7-13(22)11-21(2)18-17-16(19-12-20-18)14-8-4-5-9-15(14)23-17/h4-5,8-9,12-13H,3,6-7,10-11H2,1-2H3. The Morgan fingerprint density at radius 2 is 2.17 bits per heavy atom. The topological polar surface area (TPSA) is 45.4 Å². The first-order valence-corrected chi connectivity index (χ1v) is 8.35. The second-order valence-electron chi connectivity index (χ2n) is 6.28. The van der Waals surface area contributed by atoms with Gasteiger partial charge in [0.25, 0.3) is 0 Å². The van der Waals surface area contributed by atoms with Crippen LogP contribution in [0.25, 0.3) is 22.1 Å². The number of likely N-dealkylation sites (tertiary alicyclic amines) is 1. The minimum absolute atomic E-state index is 0.597. The highest BCUT2D eigenvalue weighted by Gasteiger charge is 2.25. The molecular formula is C18H22N4O. The molecular weight excluding hydrogens is 288 g/mol. The average Bonchev–Trinajstić information content (AvgIpc) is 3.18. The van der Waals surface area contributed by atoms with Crippen molar-refractivity contribution in [2.24, 2.45) is 0 Å². The summed E-state index contributed by atoms with van der Waals surface area (Å²) in [5.74, 6) is 0.883. The number of rotatable bonds is 4. The summed E-state index contributed by atoms with van der Waals surface area (Å²) in [4.78, 5) is 13.7. The van der Waals surface area contributed by atoms with Crippen molar-refractivity contribution in [2.75, 3.05) is 31.6 Å². The molecule has 2 aromatic heterocycles. The summed E-state index contributed by atoms with van der Waals surface area (Å²) in [6, 6.07) is 8.63. The van der Waals surface area contributed by atoms with Gasteiger partial charge in [0.05, 0.1) is 0 Å². The van der Waals surface area contributed by atoms with Crippen molar-refractivity contribution < 1.29 is 4.42 Å². The van der Waals surface area contributed by atoms with Crippen LogP contribution in [0.4, 0.5) is 5.82 Å². The molecule has 1 aliphatic rings. The maximum Gasteiger partial charge on any atom is 0.196 e. The van der Waals surface area contributed by atoms with Crippen LogP contribution in [0.2, 0.25) is 0 Å². The van der Waals surface area contributed by atoms with Crippen LogP contribution < -0.4 is 4.90 Å². The lowest BCUT2D eigenvalue weighted by Gasteiger charge is -2.28. The van der Waals surface area contributed by atoms with Crippen LogP contribution in [0, 0.1) is 0 Å². The lowest BCUT2D eigenvalue weighted by Crippen LogP contribution is -2.39. The van der Waals surface area contributed by atoms with Crippen LogP contribution >= 0.6 is 0 Å². The van der Waals surface area contributed by atoms with Gasteiger partial charge in [0, 0.05) is 25.0 Å². The van der Waals surface area contributed by atoms with Crippen LogP contribution in [-0.4, -0.2) is 47.6 Å². The molecule has 1 saturated heterocycles. The summed E-state index contributed by atoms with van der Waals surface area (Å²) in [6.45, 7) is 5.53. The number of aromatic nitrogens is 2. The monoisotopic (exact) mass is 310 g/mol. The van der Waals surface area contributed by atoms with E-state index in [0.29, 0.717) is 6.04 Å². The second-order valence-corrected chi connectivity index (χ2v) is 6.28. The summed E-state index contributed by atoms with van der Waals surface area (Å²) in [7, 11) is 2.10. The number of nitrogens with zero attached hydrogens (tertiary/aromatic N) is 4. The van der Waals surface area contributed by atoms with Crippen molar-refractivity contribution in [1.82, 2.24) is 14.9 Å². The number of furan rings is 1. The SMILES string of the molecule is CCN1CCCC1CN(C)c1ncnc2c1oc1ccccc12. The van der Waals surface area contributed by atoms with E-state index in [4.69, 9.17) is 4.42 Å². The Balaban J connectivity index is 1.70. The van der Waals surface area contributed by atoms with Crippen LogP contribution in [0.5, 0.6) is 0 Å². The summed E-state index contributed by atoms with van der Waals surface area (Å²) in [5, 5.41) is 1.05. The molecule has 5 nitrogen and oxygen atoms in total. The third kappa shape index (κ3) is 2.45. The molecule has 1 fully saturated rings. The second kappa shape index (κ2) is 5.81. The van der Waals surface area contributed by atoms with Gasteiger partial charge in [-0.15, -0.1) is 0 Å². The lowest BCUT2D eigenvalue weighted by molar-refractivity contribution is 0.270. The third-order valence-corrected chi connectivity index (χ3v) is 4.89. The quantitative estimate of drug-likeness (QED) is 0.740. The summed E-state index contributed by atoms with van der Waals surface area (Å²) in [6.07, 6.45) is 4.19. The maximum atomic E-state index is 6.04. The Hall–Kier alpha value is -2.14. The van der Waals surface area contributed by atoms with Crippen LogP contribution in [-0.2, 0) is 0 Å². The number of fused-ring (bicyclic) bond motifs is 3. The molecule has 0 N–H and O–H groups in total. The highest BCUT2D eigenvalue weighted by Crippen LogP contribution is 2.32. The molecule has 0 amide bonds. The van der Waals surface area contributed by atoms with Gasteiger partial charge < -0.3 is 9.32 Å². The molecule has 0 aliphatic carbocycles. The van der Waals surface area contributed by atoms with Gasteiger partial charge in [-0.05, 0) is 38.1 Å². The number of hydrogen-bond acceptors (Lipinski definition) is 5. The summed E-state index contributed by atoms with van der Waals surface area (Å²) >= 11 is 0. The van der Waals surface area contributed by atoms with Gasteiger partial charge in [0.15, 0.2) is 11.4 Å². The van der Waals surface area contributed by atoms with Crippen LogP contribution in [0.3, 0.4) is 0 Å². The summed E-state index contributed by atoms with van der Waals surface area (Å²) < 4.78 is 6.04. The Labute approximate surface area is 135 Å². The van der Waals surface area contributed by atoms with Crippen LogP contribution in [0.1, 0.15) is 19.8 Å². The molecule has 5 heteroatoms. The van der Waals surface area contributed by atoms with E-state index in [-0.39, 0.29) is 0 Å². The number of hydrogen-bond donors (Lipinski definition) is 0. The fraction of sp³-hybridized carbons (Fsp3) is 0.444. The van der Waals surface area contributed by atoms with Gasteiger partial charge in [-0.2, -0.15) is 0 Å². The van der Waals surface area contributed by atoms with E-state index in [9.17, 15) is 0 Å². The molecule has 3 aromatic rings. The largest absolute Gasteiger partial charge is 0.450 e. The van der Waals surface area contributed by atoms with E-state index in [1.54, 1.807) is 6.33 Å². The van der Waals surface area contributed by atoms with E-state index < -0.39 is 0 Å². The van der Waals surface area contributed by atoms with Crippen molar-refractivity contribution in [2.45, 2.75) is 25.8 Å². The van der Waals surface area contributed by atoms with Gasteiger partial charge in [-0.1, -0.05) is 19.1 Å². The third-order valence-electron chi connectivity index (χ3n) is 4.89. The zero-order valence-electron chi connectivity index (χ0n) is 13.7. The van der Waals surface area contributed by atoms with Gasteiger partial charge in [0.2, 0.25) is 0 Å². The molecule has 0 radical (unpaired) electrons. The zero-order valence-corrected chi connectivity index (χ0v) is 13.7. The van der Waals surface area contributed by atoms with E-state index in [1.807, 2.05) is 24.3 Å². The molecule has 0 saturated carbocycles. The van der Waals surface area contributed by atoms with E-state index in [2.05, 4.69) is 33.7 Å². The lowest BCUT2D eigenvalue weighted by atomic mass is 10.2. The first-order valence-electron chi connectivity index (χ1n) is 8.35. The van der Waals surface area contributed by atoms with Crippen molar-refractivity contribution in [1.29, 1.82) is 0 Å². The Morgan fingerprint density at radius 3 is 3.04 bits per heavy atom. The van der Waals surface area contributed by atoms with E-state index >= 15 is 0 Å². The molecule has 1 aliphatic heterocycles. The van der Waals surface area contributed by atoms with Gasteiger partial charge in [-0.25, -0.2) is 9.97 Å². The average molecular weight is 310 g/mol. The normalized spacial score (nSPS) is 19.0. The predicted molar refractivity (Wildman–Crippen MR) is 92.8 cm³/mol. The molecule has 23 heavy (non-hydrogen) atoms. The fourth-order valence-corrected chi connectivity index (χ4v) is 3.70. The molecule has 0 bridgehead atoms. The molecule has 0 spiro atoms. The van der Waals surface area contributed by atoms with Gasteiger partial charge >= 0.3 is 0 Å². The number of para-hydroxylation sites is 1.